The maximum absolute atomic E-state index is 12.5. The molecule has 5 nitrogen and oxygen atoms in total. The van der Waals surface area contributed by atoms with Crippen LogP contribution in [0.1, 0.15) is 29.0 Å². The van der Waals surface area contributed by atoms with Crippen LogP contribution in [0.4, 0.5) is 4.79 Å². The fourth-order valence-electron chi connectivity index (χ4n) is 4.11. The molecule has 31 heavy (non-hydrogen) atoms. The summed E-state index contributed by atoms with van der Waals surface area (Å²) in [4.78, 5) is 23.7. The number of aliphatic carboxylic acids is 1. The Morgan fingerprint density at radius 1 is 0.935 bits per heavy atom. The van der Waals surface area contributed by atoms with Gasteiger partial charge in [-0.1, -0.05) is 82.7 Å². The molecule has 0 fully saturated rings. The molecule has 0 bridgehead atoms. The van der Waals surface area contributed by atoms with Crippen LogP contribution in [0.15, 0.2) is 77.3 Å². The van der Waals surface area contributed by atoms with Crippen LogP contribution in [0.25, 0.3) is 11.1 Å². The maximum Gasteiger partial charge on any atom is 0.407 e. The molecular formula is C25H21BrNO4-. The molecule has 1 atom stereocenters. The minimum absolute atomic E-state index is 0.0546. The van der Waals surface area contributed by atoms with Crippen molar-refractivity contribution in [2.75, 3.05) is 6.61 Å². The molecule has 0 aromatic heterocycles. The molecular weight excluding hydrogens is 458 g/mol. The van der Waals surface area contributed by atoms with E-state index in [9.17, 15) is 14.7 Å². The zero-order chi connectivity index (χ0) is 21.8. The number of amides is 1. The zero-order valence-electron chi connectivity index (χ0n) is 16.7. The maximum atomic E-state index is 12.5. The van der Waals surface area contributed by atoms with Crippen molar-refractivity contribution in [1.29, 1.82) is 0 Å². The molecule has 1 aliphatic rings. The first kappa shape index (κ1) is 21.1. The summed E-state index contributed by atoms with van der Waals surface area (Å²) in [5.41, 5.74) is 5.44. The number of carbonyl (C=O) groups is 2. The van der Waals surface area contributed by atoms with Gasteiger partial charge in [-0.3, -0.25) is 0 Å². The first-order valence-corrected chi connectivity index (χ1v) is 10.9. The Morgan fingerprint density at radius 2 is 1.52 bits per heavy atom. The van der Waals surface area contributed by atoms with Crippen LogP contribution >= 0.6 is 15.9 Å². The number of fused-ring (bicyclic) bond motifs is 3. The van der Waals surface area contributed by atoms with Crippen LogP contribution in [0.5, 0.6) is 0 Å². The molecule has 0 saturated carbocycles. The number of nitrogens with one attached hydrogen (secondary N) is 1. The molecule has 0 aliphatic heterocycles. The number of hydrogen-bond donors (Lipinski definition) is 1. The van der Waals surface area contributed by atoms with Crippen LogP contribution in [-0.4, -0.2) is 24.7 Å². The fourth-order valence-corrected chi connectivity index (χ4v) is 4.56. The van der Waals surface area contributed by atoms with Gasteiger partial charge in [0.2, 0.25) is 0 Å². The zero-order valence-corrected chi connectivity index (χ0v) is 18.3. The van der Waals surface area contributed by atoms with Gasteiger partial charge in [0.15, 0.2) is 0 Å². The van der Waals surface area contributed by atoms with E-state index >= 15 is 0 Å². The van der Waals surface area contributed by atoms with E-state index in [4.69, 9.17) is 4.74 Å². The predicted molar refractivity (Wildman–Crippen MR) is 119 cm³/mol. The number of hydrogen-bond acceptors (Lipinski definition) is 4. The van der Waals surface area contributed by atoms with Crippen LogP contribution in [0.2, 0.25) is 0 Å². The molecule has 4 rings (SSSR count). The van der Waals surface area contributed by atoms with Crippen LogP contribution < -0.4 is 10.4 Å². The molecule has 0 unspecified atom stereocenters. The first-order valence-electron chi connectivity index (χ1n) is 10.1. The molecule has 1 aliphatic carbocycles. The second-order valence-electron chi connectivity index (χ2n) is 7.54. The standard InChI is InChI=1S/C25H22BrNO4/c26-23-12-6-1-7-16(23)13-17(14-24(28)29)27-25(30)31-15-22-20-10-4-2-8-18(20)19-9-3-5-11-21(19)22/h1-12,17,22H,13-15H2,(H,27,30)(H,28,29)/p-1/t17-/m0/s1. The minimum atomic E-state index is -1.23. The van der Waals surface area contributed by atoms with Crippen LogP contribution in [0, 0.1) is 0 Å². The Balaban J connectivity index is 1.44. The third-order valence-electron chi connectivity index (χ3n) is 5.50. The van der Waals surface area contributed by atoms with E-state index in [0.29, 0.717) is 6.42 Å². The Kier molecular flexibility index (Phi) is 6.37. The summed E-state index contributed by atoms with van der Waals surface area (Å²) in [7, 11) is 0. The van der Waals surface area contributed by atoms with E-state index < -0.39 is 18.1 Å². The van der Waals surface area contributed by atoms with E-state index in [1.807, 2.05) is 60.7 Å². The highest BCUT2D eigenvalue weighted by Crippen LogP contribution is 2.44. The van der Waals surface area contributed by atoms with E-state index in [1.165, 1.54) is 0 Å². The van der Waals surface area contributed by atoms with Gasteiger partial charge >= 0.3 is 6.09 Å². The molecule has 0 radical (unpaired) electrons. The Labute approximate surface area is 189 Å². The summed E-state index contributed by atoms with van der Waals surface area (Å²) >= 11 is 3.46. The van der Waals surface area contributed by atoms with Crippen molar-refractivity contribution in [3.05, 3.63) is 94.0 Å². The van der Waals surface area contributed by atoms with Crippen molar-refractivity contribution in [1.82, 2.24) is 5.32 Å². The van der Waals surface area contributed by atoms with Crippen molar-refractivity contribution >= 4 is 28.0 Å². The Bertz CT molecular complexity index is 1070. The van der Waals surface area contributed by atoms with Gasteiger partial charge < -0.3 is 20.0 Å². The molecule has 1 amide bonds. The van der Waals surface area contributed by atoms with Crippen LogP contribution in [-0.2, 0) is 16.0 Å². The van der Waals surface area contributed by atoms with E-state index in [2.05, 4.69) is 33.4 Å². The van der Waals surface area contributed by atoms with Gasteiger partial charge in [-0.15, -0.1) is 0 Å². The third kappa shape index (κ3) is 4.80. The topological polar surface area (TPSA) is 78.5 Å². The highest BCUT2D eigenvalue weighted by molar-refractivity contribution is 9.10. The second-order valence-corrected chi connectivity index (χ2v) is 8.39. The van der Waals surface area contributed by atoms with Gasteiger partial charge in [-0.25, -0.2) is 4.79 Å². The van der Waals surface area contributed by atoms with Crippen molar-refractivity contribution < 1.29 is 19.4 Å². The molecule has 158 valence electrons. The van der Waals surface area contributed by atoms with Crippen molar-refractivity contribution in [2.45, 2.75) is 24.8 Å². The number of rotatable bonds is 7. The number of alkyl carbamates (subject to hydrolysis) is 1. The van der Waals surface area contributed by atoms with Crippen molar-refractivity contribution in [2.24, 2.45) is 0 Å². The number of carbonyl (C=O) groups excluding carboxylic acids is 2. The van der Waals surface area contributed by atoms with Gasteiger partial charge in [-0.2, -0.15) is 0 Å². The molecule has 3 aromatic carbocycles. The normalized spacial score (nSPS) is 13.2. The summed E-state index contributed by atoms with van der Waals surface area (Å²) in [6.07, 6.45) is -0.592. The summed E-state index contributed by atoms with van der Waals surface area (Å²) in [6, 6.07) is 23.0. The van der Waals surface area contributed by atoms with E-state index in [0.717, 1.165) is 32.3 Å². The molecule has 0 heterocycles. The first-order chi connectivity index (χ1) is 15.0. The van der Waals surface area contributed by atoms with Crippen molar-refractivity contribution in [3.63, 3.8) is 0 Å². The lowest BCUT2D eigenvalue weighted by atomic mass is 9.98. The van der Waals surface area contributed by atoms with Crippen LogP contribution in [0.3, 0.4) is 0 Å². The smallest absolute Gasteiger partial charge is 0.407 e. The predicted octanol–water partition coefficient (Wildman–Crippen LogP) is 4.04. The number of halogens is 1. The Hall–Kier alpha value is -3.12. The Morgan fingerprint density at radius 3 is 2.13 bits per heavy atom. The van der Waals surface area contributed by atoms with Gasteiger partial charge in [-0.05, 0) is 40.3 Å². The molecule has 6 heteroatoms. The quantitative estimate of drug-likeness (QED) is 0.555. The highest BCUT2D eigenvalue weighted by atomic mass is 79.9. The van der Waals surface area contributed by atoms with Gasteiger partial charge in [0.25, 0.3) is 0 Å². The number of benzene rings is 3. The SMILES string of the molecule is O=C([O-])C[C@H](Cc1ccccc1Br)NC(=O)OCC1c2ccccc2-c2ccccc21. The summed E-state index contributed by atoms with van der Waals surface area (Å²) in [5, 5.41) is 13.9. The number of carboxylic acids is 1. The minimum Gasteiger partial charge on any atom is -0.550 e. The molecule has 1 N–H and O–H groups in total. The molecule has 0 saturated heterocycles. The average Bonchev–Trinajstić information content (AvgIpc) is 3.07. The lowest BCUT2D eigenvalue weighted by molar-refractivity contribution is -0.306. The molecule has 3 aromatic rings. The number of ether oxygens (including phenoxy) is 1. The van der Waals surface area contributed by atoms with E-state index in [1.54, 1.807) is 0 Å². The van der Waals surface area contributed by atoms with Gasteiger partial charge in [0.05, 0.1) is 0 Å². The summed E-state index contributed by atoms with van der Waals surface area (Å²) < 4.78 is 6.40. The monoisotopic (exact) mass is 478 g/mol. The largest absolute Gasteiger partial charge is 0.550 e. The lowest BCUT2D eigenvalue weighted by Crippen LogP contribution is -2.41. The van der Waals surface area contributed by atoms with Gasteiger partial charge in [0.1, 0.15) is 6.61 Å². The summed E-state index contributed by atoms with van der Waals surface area (Å²) in [5.74, 6) is -1.28. The van der Waals surface area contributed by atoms with Gasteiger partial charge in [0, 0.05) is 28.8 Å². The molecule has 0 spiro atoms. The van der Waals surface area contributed by atoms with E-state index in [-0.39, 0.29) is 18.9 Å². The third-order valence-corrected chi connectivity index (χ3v) is 6.28. The van der Waals surface area contributed by atoms with Crippen molar-refractivity contribution in [3.8, 4) is 11.1 Å². The fraction of sp³-hybridized carbons (Fsp3) is 0.200. The average molecular weight is 479 g/mol. The number of carboxylic acid groups (broad SMARTS) is 1. The highest BCUT2D eigenvalue weighted by Gasteiger charge is 2.29. The summed E-state index contributed by atoms with van der Waals surface area (Å²) in [6.45, 7) is 0.174. The second kappa shape index (κ2) is 9.35. The lowest BCUT2D eigenvalue weighted by Gasteiger charge is -2.21.